The van der Waals surface area contributed by atoms with Gasteiger partial charge < -0.3 is 5.11 Å². The predicted octanol–water partition coefficient (Wildman–Crippen LogP) is 2.65. The summed E-state index contributed by atoms with van der Waals surface area (Å²) in [5, 5.41) is 9.12. The van der Waals surface area contributed by atoms with Crippen LogP contribution in [0.3, 0.4) is 0 Å². The number of aliphatic hydroxyl groups is 1. The van der Waals surface area contributed by atoms with Gasteiger partial charge in [-0.3, -0.25) is 4.99 Å². The van der Waals surface area contributed by atoms with Crippen molar-refractivity contribution in [2.75, 3.05) is 6.61 Å². The van der Waals surface area contributed by atoms with Gasteiger partial charge in [0, 0.05) is 6.21 Å². The Morgan fingerprint density at radius 2 is 1.94 bits per heavy atom. The molecule has 0 saturated heterocycles. The first-order valence-corrected chi connectivity index (χ1v) is 5.51. The van der Waals surface area contributed by atoms with Gasteiger partial charge in [-0.25, -0.2) is 4.39 Å². The zero-order valence-corrected chi connectivity index (χ0v) is 9.73. The van der Waals surface area contributed by atoms with E-state index < -0.39 is 0 Å². The summed E-state index contributed by atoms with van der Waals surface area (Å²) in [5.74, 6) is 0.251. The molecule has 0 amide bonds. The van der Waals surface area contributed by atoms with Crippen molar-refractivity contribution in [2.45, 2.75) is 26.3 Å². The highest BCUT2D eigenvalue weighted by atomic mass is 19.1. The van der Waals surface area contributed by atoms with E-state index in [1.54, 1.807) is 18.3 Å². The topological polar surface area (TPSA) is 32.6 Å². The van der Waals surface area contributed by atoms with Crippen molar-refractivity contribution in [1.29, 1.82) is 0 Å². The Bertz CT molecular complexity index is 332. The van der Waals surface area contributed by atoms with Gasteiger partial charge in [0.05, 0.1) is 12.6 Å². The van der Waals surface area contributed by atoms with Gasteiger partial charge in [-0.05, 0) is 30.0 Å². The predicted molar refractivity (Wildman–Crippen MR) is 64.3 cm³/mol. The molecule has 16 heavy (non-hydrogen) atoms. The van der Waals surface area contributed by atoms with Crippen LogP contribution in [0, 0.1) is 11.7 Å². The van der Waals surface area contributed by atoms with Crippen LogP contribution in [0.5, 0.6) is 0 Å². The monoisotopic (exact) mass is 223 g/mol. The minimum atomic E-state index is -0.252. The zero-order chi connectivity index (χ0) is 12.0. The van der Waals surface area contributed by atoms with Gasteiger partial charge in [-0.2, -0.15) is 0 Å². The molecule has 1 rings (SSSR count). The van der Waals surface area contributed by atoms with Crippen molar-refractivity contribution in [1.82, 2.24) is 0 Å². The third-order valence-electron chi connectivity index (χ3n) is 2.26. The van der Waals surface area contributed by atoms with Crippen LogP contribution >= 0.6 is 0 Å². The van der Waals surface area contributed by atoms with E-state index in [0.717, 1.165) is 12.0 Å². The first-order chi connectivity index (χ1) is 7.61. The number of hydrogen-bond acceptors (Lipinski definition) is 2. The van der Waals surface area contributed by atoms with Crippen LogP contribution in [-0.4, -0.2) is 24.0 Å². The molecule has 0 aliphatic rings. The van der Waals surface area contributed by atoms with Crippen LogP contribution in [0.25, 0.3) is 0 Å². The average molecular weight is 223 g/mol. The molecule has 2 nitrogen and oxygen atoms in total. The lowest BCUT2D eigenvalue weighted by atomic mass is 10.1. The summed E-state index contributed by atoms with van der Waals surface area (Å²) in [7, 11) is 0. The first-order valence-electron chi connectivity index (χ1n) is 5.51. The van der Waals surface area contributed by atoms with Crippen LogP contribution in [0.4, 0.5) is 4.39 Å². The molecule has 1 atom stereocenters. The second kappa shape index (κ2) is 6.38. The van der Waals surface area contributed by atoms with Gasteiger partial charge in [0.2, 0.25) is 0 Å². The van der Waals surface area contributed by atoms with Crippen molar-refractivity contribution >= 4 is 6.21 Å². The normalized spacial score (nSPS) is 13.6. The molecule has 1 N–H and O–H groups in total. The smallest absolute Gasteiger partial charge is 0.123 e. The second-order valence-electron chi connectivity index (χ2n) is 4.30. The molecule has 0 aliphatic carbocycles. The van der Waals surface area contributed by atoms with E-state index in [2.05, 4.69) is 18.8 Å². The summed E-state index contributed by atoms with van der Waals surface area (Å²) < 4.78 is 12.6. The van der Waals surface area contributed by atoms with Crippen LogP contribution in [0.2, 0.25) is 0 Å². The molecule has 0 fully saturated rings. The van der Waals surface area contributed by atoms with E-state index in [-0.39, 0.29) is 18.5 Å². The summed E-state index contributed by atoms with van der Waals surface area (Å²) in [6.45, 7) is 4.24. The number of rotatable bonds is 5. The Hall–Kier alpha value is -1.22. The molecule has 0 unspecified atom stereocenters. The average Bonchev–Trinajstić information content (AvgIpc) is 2.26. The fraction of sp³-hybridized carbons (Fsp3) is 0.462. The van der Waals surface area contributed by atoms with Crippen LogP contribution in [0.1, 0.15) is 25.8 Å². The molecular weight excluding hydrogens is 205 g/mol. The van der Waals surface area contributed by atoms with Crippen molar-refractivity contribution < 1.29 is 9.50 Å². The van der Waals surface area contributed by atoms with Crippen LogP contribution in [0.15, 0.2) is 29.3 Å². The fourth-order valence-electron chi connectivity index (χ4n) is 1.47. The Morgan fingerprint density at radius 1 is 1.31 bits per heavy atom. The standard InChI is InChI=1S/C13H18FNO/c1-10(2)7-13(9-16)15-8-11-3-5-12(14)6-4-11/h3-6,8,10,13,16H,7,9H2,1-2H3/b15-8+/t13-/m0/s1. The van der Waals surface area contributed by atoms with Gasteiger partial charge in [-0.15, -0.1) is 0 Å². The maximum Gasteiger partial charge on any atom is 0.123 e. The highest BCUT2D eigenvalue weighted by molar-refractivity contribution is 5.79. The molecule has 0 spiro atoms. The van der Waals surface area contributed by atoms with E-state index in [1.807, 2.05) is 0 Å². The van der Waals surface area contributed by atoms with Crippen molar-refractivity contribution in [2.24, 2.45) is 10.9 Å². The SMILES string of the molecule is CC(C)C[C@@H](CO)/N=C/c1ccc(F)cc1. The van der Waals surface area contributed by atoms with E-state index in [1.165, 1.54) is 12.1 Å². The number of aliphatic imine (C=N–C) groups is 1. The summed E-state index contributed by atoms with van der Waals surface area (Å²) in [5.41, 5.74) is 0.851. The van der Waals surface area contributed by atoms with E-state index in [9.17, 15) is 4.39 Å². The molecule has 0 radical (unpaired) electrons. The minimum absolute atomic E-state index is 0.0515. The van der Waals surface area contributed by atoms with Crippen molar-refractivity contribution in [3.05, 3.63) is 35.6 Å². The lowest BCUT2D eigenvalue weighted by Crippen LogP contribution is -2.13. The Kier molecular flexibility index (Phi) is 5.12. The van der Waals surface area contributed by atoms with Gasteiger partial charge in [0.15, 0.2) is 0 Å². The number of aliphatic hydroxyl groups excluding tert-OH is 1. The summed E-state index contributed by atoms with van der Waals surface area (Å²) >= 11 is 0. The number of nitrogens with zero attached hydrogens (tertiary/aromatic N) is 1. The van der Waals surface area contributed by atoms with E-state index in [0.29, 0.717) is 5.92 Å². The molecule has 1 aromatic carbocycles. The highest BCUT2D eigenvalue weighted by Gasteiger charge is 2.06. The molecule has 1 aromatic rings. The Balaban J connectivity index is 2.60. The fourth-order valence-corrected chi connectivity index (χ4v) is 1.47. The number of hydrogen-bond donors (Lipinski definition) is 1. The molecular formula is C13H18FNO. The summed E-state index contributed by atoms with van der Waals surface area (Å²) in [6.07, 6.45) is 2.54. The molecule has 0 heterocycles. The lowest BCUT2D eigenvalue weighted by Gasteiger charge is -2.11. The maximum absolute atomic E-state index is 12.6. The van der Waals surface area contributed by atoms with Crippen molar-refractivity contribution in [3.63, 3.8) is 0 Å². The van der Waals surface area contributed by atoms with E-state index in [4.69, 9.17) is 5.11 Å². The third kappa shape index (κ3) is 4.53. The Labute approximate surface area is 95.8 Å². The van der Waals surface area contributed by atoms with Crippen molar-refractivity contribution in [3.8, 4) is 0 Å². The van der Waals surface area contributed by atoms with Gasteiger partial charge in [0.1, 0.15) is 5.82 Å². The molecule has 0 bridgehead atoms. The zero-order valence-electron chi connectivity index (χ0n) is 9.73. The molecule has 0 aromatic heterocycles. The molecule has 0 saturated carbocycles. The quantitative estimate of drug-likeness (QED) is 0.765. The lowest BCUT2D eigenvalue weighted by molar-refractivity contribution is 0.251. The Morgan fingerprint density at radius 3 is 2.44 bits per heavy atom. The summed E-state index contributed by atoms with van der Waals surface area (Å²) in [4.78, 5) is 4.28. The largest absolute Gasteiger partial charge is 0.394 e. The maximum atomic E-state index is 12.6. The van der Waals surface area contributed by atoms with Crippen LogP contribution < -0.4 is 0 Å². The van der Waals surface area contributed by atoms with Crippen LogP contribution in [-0.2, 0) is 0 Å². The van der Waals surface area contributed by atoms with Gasteiger partial charge in [-0.1, -0.05) is 26.0 Å². The molecule has 88 valence electrons. The second-order valence-corrected chi connectivity index (χ2v) is 4.30. The third-order valence-corrected chi connectivity index (χ3v) is 2.26. The van der Waals surface area contributed by atoms with E-state index >= 15 is 0 Å². The van der Waals surface area contributed by atoms with Gasteiger partial charge >= 0.3 is 0 Å². The molecule has 3 heteroatoms. The first kappa shape index (κ1) is 12.8. The highest BCUT2D eigenvalue weighted by Crippen LogP contribution is 2.08. The molecule has 0 aliphatic heterocycles. The summed E-state index contributed by atoms with van der Waals surface area (Å²) in [6, 6.07) is 6.07. The number of benzene rings is 1. The number of halogens is 1. The van der Waals surface area contributed by atoms with Gasteiger partial charge in [0.25, 0.3) is 0 Å². The minimum Gasteiger partial charge on any atom is -0.394 e.